The van der Waals surface area contributed by atoms with Gasteiger partial charge in [0.25, 0.3) is 0 Å². The van der Waals surface area contributed by atoms with Crippen molar-refractivity contribution in [1.29, 1.82) is 0 Å². The summed E-state index contributed by atoms with van der Waals surface area (Å²) in [6, 6.07) is 10.5. The van der Waals surface area contributed by atoms with E-state index in [2.05, 4.69) is 10.6 Å². The second kappa shape index (κ2) is 9.03. The van der Waals surface area contributed by atoms with Crippen molar-refractivity contribution in [3.63, 3.8) is 0 Å². The van der Waals surface area contributed by atoms with Crippen LogP contribution in [0.3, 0.4) is 0 Å². The number of thiophene rings is 1. The molecule has 1 aliphatic rings. The average molecular weight is 407 g/mol. The molecule has 142 valence electrons. The minimum Gasteiger partial charge on any atom is -0.463 e. The summed E-state index contributed by atoms with van der Waals surface area (Å²) in [4.78, 5) is 25.6. The zero-order chi connectivity index (χ0) is 19.2. The van der Waals surface area contributed by atoms with Gasteiger partial charge in [0, 0.05) is 15.5 Å². The molecular weight excluding hydrogens is 386 g/mol. The molecule has 6 nitrogen and oxygen atoms in total. The fourth-order valence-electron chi connectivity index (χ4n) is 2.93. The lowest BCUT2D eigenvalue weighted by Crippen LogP contribution is -2.84. The zero-order valence-electron chi connectivity index (χ0n) is 14.8. The summed E-state index contributed by atoms with van der Waals surface area (Å²) in [6.07, 6.45) is 0. The van der Waals surface area contributed by atoms with E-state index in [-0.39, 0.29) is 12.6 Å². The minimum absolute atomic E-state index is 0.268. The Morgan fingerprint density at radius 3 is 2.78 bits per heavy atom. The maximum Gasteiger partial charge on any atom is 0.338 e. The number of amides is 2. The molecule has 0 spiro atoms. The van der Waals surface area contributed by atoms with Gasteiger partial charge in [-0.25, -0.2) is 9.59 Å². The highest BCUT2D eigenvalue weighted by Gasteiger charge is 2.34. The van der Waals surface area contributed by atoms with Crippen LogP contribution in [0.5, 0.6) is 0 Å². The Bertz CT molecular complexity index is 852. The first-order chi connectivity index (χ1) is 13.1. The third-order valence-electron chi connectivity index (χ3n) is 4.15. The smallest absolute Gasteiger partial charge is 0.338 e. The van der Waals surface area contributed by atoms with Gasteiger partial charge in [0.15, 0.2) is 0 Å². The summed E-state index contributed by atoms with van der Waals surface area (Å²) in [5.74, 6) is -0.426. The molecule has 1 aromatic heterocycles. The maximum absolute atomic E-state index is 12.6. The number of rotatable bonds is 7. The van der Waals surface area contributed by atoms with Crippen molar-refractivity contribution < 1.29 is 19.6 Å². The molecule has 2 amide bonds. The van der Waals surface area contributed by atoms with Gasteiger partial charge in [-0.15, -0.1) is 11.3 Å². The fourth-order valence-corrected chi connectivity index (χ4v) is 3.93. The molecule has 3 rings (SSSR count). The lowest BCUT2D eigenvalue weighted by molar-refractivity contribution is -0.664. The summed E-state index contributed by atoms with van der Waals surface area (Å²) in [5.41, 5.74) is 1.99. The normalized spacial score (nSPS) is 16.7. The highest BCUT2D eigenvalue weighted by atomic mass is 35.5. The SMILES string of the molecule is CCOC(=O)C1=C(C[NH2+]Cc2ccccc2Cl)NC(=O)N[C@H]1c1cccs1. The molecule has 1 aliphatic heterocycles. The van der Waals surface area contributed by atoms with E-state index in [1.807, 2.05) is 47.1 Å². The van der Waals surface area contributed by atoms with Gasteiger partial charge in [-0.1, -0.05) is 35.9 Å². The van der Waals surface area contributed by atoms with E-state index in [1.165, 1.54) is 11.3 Å². The van der Waals surface area contributed by atoms with Crippen LogP contribution in [0, 0.1) is 0 Å². The van der Waals surface area contributed by atoms with Gasteiger partial charge in [-0.3, -0.25) is 0 Å². The van der Waals surface area contributed by atoms with Gasteiger partial charge < -0.3 is 20.7 Å². The fraction of sp³-hybridized carbons (Fsp3) is 0.263. The summed E-state index contributed by atoms with van der Waals surface area (Å²) in [6.45, 7) is 3.08. The monoisotopic (exact) mass is 406 g/mol. The topological polar surface area (TPSA) is 84.0 Å². The lowest BCUT2D eigenvalue weighted by atomic mass is 10.0. The Labute approximate surface area is 166 Å². The van der Waals surface area contributed by atoms with Crippen LogP contribution in [0.1, 0.15) is 23.4 Å². The number of quaternary nitrogens is 1. The molecule has 0 saturated heterocycles. The molecular formula is C19H21ClN3O3S+. The van der Waals surface area contributed by atoms with Crippen LogP contribution in [0.4, 0.5) is 4.79 Å². The Morgan fingerprint density at radius 2 is 2.07 bits per heavy atom. The number of urea groups is 1. The van der Waals surface area contributed by atoms with E-state index in [1.54, 1.807) is 6.92 Å². The second-order valence-electron chi connectivity index (χ2n) is 5.95. The van der Waals surface area contributed by atoms with Crippen molar-refractivity contribution in [2.75, 3.05) is 13.2 Å². The number of nitrogens with one attached hydrogen (secondary N) is 2. The molecule has 2 heterocycles. The molecule has 0 bridgehead atoms. The number of nitrogens with two attached hydrogens (primary N) is 1. The third-order valence-corrected chi connectivity index (χ3v) is 5.45. The molecule has 4 N–H and O–H groups in total. The van der Waals surface area contributed by atoms with Crippen LogP contribution >= 0.6 is 22.9 Å². The second-order valence-corrected chi connectivity index (χ2v) is 7.33. The predicted octanol–water partition coefficient (Wildman–Crippen LogP) is 2.34. The van der Waals surface area contributed by atoms with E-state index in [9.17, 15) is 9.59 Å². The van der Waals surface area contributed by atoms with Crippen molar-refractivity contribution in [2.45, 2.75) is 19.5 Å². The lowest BCUT2D eigenvalue weighted by Gasteiger charge is -2.27. The first-order valence-electron chi connectivity index (χ1n) is 8.66. The first kappa shape index (κ1) is 19.4. The molecule has 8 heteroatoms. The highest BCUT2D eigenvalue weighted by Crippen LogP contribution is 2.30. The zero-order valence-corrected chi connectivity index (χ0v) is 16.4. The van der Waals surface area contributed by atoms with Gasteiger partial charge in [0.05, 0.1) is 23.9 Å². The maximum atomic E-state index is 12.6. The van der Waals surface area contributed by atoms with Crippen LogP contribution < -0.4 is 16.0 Å². The largest absolute Gasteiger partial charge is 0.463 e. The van der Waals surface area contributed by atoms with E-state index < -0.39 is 12.0 Å². The van der Waals surface area contributed by atoms with Crippen LogP contribution in [0.25, 0.3) is 0 Å². The van der Waals surface area contributed by atoms with Crippen molar-refractivity contribution in [1.82, 2.24) is 10.6 Å². The number of ether oxygens (including phenoxy) is 1. The first-order valence-corrected chi connectivity index (χ1v) is 9.92. The Kier molecular flexibility index (Phi) is 6.49. The highest BCUT2D eigenvalue weighted by molar-refractivity contribution is 7.10. The number of carbonyl (C=O) groups is 2. The van der Waals surface area contributed by atoms with Crippen molar-refractivity contribution >= 4 is 34.9 Å². The van der Waals surface area contributed by atoms with E-state index in [4.69, 9.17) is 16.3 Å². The quantitative estimate of drug-likeness (QED) is 0.617. The van der Waals surface area contributed by atoms with Crippen LogP contribution in [0.2, 0.25) is 5.02 Å². The predicted molar refractivity (Wildman–Crippen MR) is 104 cm³/mol. The van der Waals surface area contributed by atoms with Crippen molar-refractivity contribution in [3.05, 3.63) is 68.5 Å². The van der Waals surface area contributed by atoms with Crippen molar-refractivity contribution in [3.8, 4) is 0 Å². The van der Waals surface area contributed by atoms with Crippen LogP contribution in [0.15, 0.2) is 53.0 Å². The van der Waals surface area contributed by atoms with Gasteiger partial charge >= 0.3 is 12.0 Å². The Morgan fingerprint density at radius 1 is 1.26 bits per heavy atom. The summed E-state index contributed by atoms with van der Waals surface area (Å²) < 4.78 is 5.24. The average Bonchev–Trinajstić information content (AvgIpc) is 3.17. The molecule has 0 aliphatic carbocycles. The molecule has 0 unspecified atom stereocenters. The van der Waals surface area contributed by atoms with Gasteiger partial charge in [-0.05, 0) is 24.4 Å². The molecule has 0 radical (unpaired) electrons. The van der Waals surface area contributed by atoms with Crippen molar-refractivity contribution in [2.24, 2.45) is 0 Å². The third kappa shape index (κ3) is 4.68. The standard InChI is InChI=1S/C19H20ClN3O3S/c1-2-26-18(24)16-14(11-21-10-12-6-3-4-7-13(12)20)22-19(25)23-17(16)15-8-5-9-27-15/h3-9,17,21H,2,10-11H2,1H3,(H2,22,23,25)/p+1/t17-/m0/s1. The molecule has 27 heavy (non-hydrogen) atoms. The number of hydrogen-bond donors (Lipinski definition) is 3. The molecule has 1 aromatic carbocycles. The summed E-state index contributed by atoms with van der Waals surface area (Å²) in [7, 11) is 0. The number of benzene rings is 1. The van der Waals surface area contributed by atoms with Crippen LogP contribution in [-0.2, 0) is 16.1 Å². The molecule has 1 atom stereocenters. The number of carbonyl (C=O) groups excluding carboxylic acids is 2. The summed E-state index contributed by atoms with van der Waals surface area (Å²) >= 11 is 7.68. The Balaban J connectivity index is 1.84. The molecule has 0 fully saturated rings. The van der Waals surface area contributed by atoms with E-state index in [0.717, 1.165) is 10.4 Å². The van der Waals surface area contributed by atoms with Gasteiger partial charge in [0.2, 0.25) is 0 Å². The van der Waals surface area contributed by atoms with E-state index in [0.29, 0.717) is 29.4 Å². The number of halogens is 1. The van der Waals surface area contributed by atoms with E-state index >= 15 is 0 Å². The molecule has 0 saturated carbocycles. The van der Waals surface area contributed by atoms with Crippen LogP contribution in [-0.4, -0.2) is 25.2 Å². The van der Waals surface area contributed by atoms with Gasteiger partial charge in [-0.2, -0.15) is 0 Å². The molecule has 2 aromatic rings. The number of hydrogen-bond acceptors (Lipinski definition) is 4. The minimum atomic E-state index is -0.512. The summed E-state index contributed by atoms with van der Waals surface area (Å²) in [5, 5.41) is 10.2. The van der Waals surface area contributed by atoms with Gasteiger partial charge in [0.1, 0.15) is 13.1 Å². The Hall–Kier alpha value is -2.35. The number of esters is 1.